The van der Waals surface area contributed by atoms with Crippen LogP contribution in [0.25, 0.3) is 0 Å². The van der Waals surface area contributed by atoms with Crippen molar-refractivity contribution in [2.45, 2.75) is 19.4 Å². The quantitative estimate of drug-likeness (QED) is 0.660. The first kappa shape index (κ1) is 14.7. The smallest absolute Gasteiger partial charge is 0.283 e. The Morgan fingerprint density at radius 2 is 2.30 bits per heavy atom. The van der Waals surface area contributed by atoms with Crippen molar-refractivity contribution in [3.05, 3.63) is 38.9 Å². The molecule has 1 saturated heterocycles. The summed E-state index contributed by atoms with van der Waals surface area (Å²) >= 11 is 5.74. The van der Waals surface area contributed by atoms with E-state index in [-0.39, 0.29) is 22.3 Å². The van der Waals surface area contributed by atoms with Gasteiger partial charge in [0.05, 0.1) is 4.92 Å². The summed E-state index contributed by atoms with van der Waals surface area (Å²) in [7, 11) is 0. The van der Waals surface area contributed by atoms with Gasteiger partial charge in [0.15, 0.2) is 0 Å². The van der Waals surface area contributed by atoms with Gasteiger partial charge in [0.2, 0.25) is 0 Å². The maximum Gasteiger partial charge on any atom is 0.283 e. The van der Waals surface area contributed by atoms with E-state index in [1.54, 1.807) is 0 Å². The molecule has 0 bridgehead atoms. The number of hydrogen-bond acceptors (Lipinski definition) is 4. The third-order valence-corrected chi connectivity index (χ3v) is 3.74. The van der Waals surface area contributed by atoms with Crippen molar-refractivity contribution in [1.82, 2.24) is 10.6 Å². The van der Waals surface area contributed by atoms with E-state index in [0.29, 0.717) is 5.92 Å². The van der Waals surface area contributed by atoms with Crippen LogP contribution >= 0.6 is 11.6 Å². The zero-order valence-electron chi connectivity index (χ0n) is 11.1. The Morgan fingerprint density at radius 3 is 2.95 bits per heavy atom. The standard InChI is InChI=1S/C13H16ClN3O3/c1-8-7-15-5-4-11(8)16-13(18)10-3-2-9(14)6-12(10)17(19)20/h2-3,6,8,11,15H,4-5,7H2,1H3,(H,16,18). The van der Waals surface area contributed by atoms with Crippen molar-refractivity contribution < 1.29 is 9.72 Å². The van der Waals surface area contributed by atoms with Gasteiger partial charge in [-0.3, -0.25) is 14.9 Å². The second kappa shape index (κ2) is 6.19. The van der Waals surface area contributed by atoms with Crippen molar-refractivity contribution in [2.75, 3.05) is 13.1 Å². The van der Waals surface area contributed by atoms with Crippen LogP contribution in [0.4, 0.5) is 5.69 Å². The summed E-state index contributed by atoms with van der Waals surface area (Å²) in [6.45, 7) is 3.69. The normalized spacial score (nSPS) is 22.3. The monoisotopic (exact) mass is 297 g/mol. The second-order valence-corrected chi connectivity index (χ2v) is 5.41. The van der Waals surface area contributed by atoms with Crippen LogP contribution < -0.4 is 10.6 Å². The molecule has 0 aliphatic carbocycles. The van der Waals surface area contributed by atoms with Crippen molar-refractivity contribution in [1.29, 1.82) is 0 Å². The molecule has 7 heteroatoms. The van der Waals surface area contributed by atoms with Gasteiger partial charge in [0.25, 0.3) is 11.6 Å². The van der Waals surface area contributed by atoms with Gasteiger partial charge in [0.1, 0.15) is 5.56 Å². The van der Waals surface area contributed by atoms with Crippen LogP contribution in [0, 0.1) is 16.0 Å². The van der Waals surface area contributed by atoms with E-state index in [1.807, 2.05) is 6.92 Å². The predicted molar refractivity (Wildman–Crippen MR) is 76.0 cm³/mol. The number of piperidine rings is 1. The molecule has 2 atom stereocenters. The fourth-order valence-corrected chi connectivity index (χ4v) is 2.49. The molecular formula is C13H16ClN3O3. The van der Waals surface area contributed by atoms with Crippen molar-refractivity contribution in [3.8, 4) is 0 Å². The summed E-state index contributed by atoms with van der Waals surface area (Å²) in [5, 5.41) is 17.3. The molecule has 6 nitrogen and oxygen atoms in total. The summed E-state index contributed by atoms with van der Waals surface area (Å²) in [6.07, 6.45) is 0.814. The molecular weight excluding hydrogens is 282 g/mol. The fraction of sp³-hybridized carbons (Fsp3) is 0.462. The van der Waals surface area contributed by atoms with Gasteiger partial charge in [-0.1, -0.05) is 18.5 Å². The van der Waals surface area contributed by atoms with E-state index in [9.17, 15) is 14.9 Å². The maximum absolute atomic E-state index is 12.2. The van der Waals surface area contributed by atoms with Crippen LogP contribution in [-0.4, -0.2) is 30.0 Å². The topological polar surface area (TPSA) is 84.3 Å². The van der Waals surface area contributed by atoms with Crippen molar-refractivity contribution in [3.63, 3.8) is 0 Å². The largest absolute Gasteiger partial charge is 0.349 e. The Balaban J connectivity index is 2.18. The first-order chi connectivity index (χ1) is 9.49. The lowest BCUT2D eigenvalue weighted by Gasteiger charge is -2.30. The molecule has 2 N–H and O–H groups in total. The van der Waals surface area contributed by atoms with Crippen LogP contribution in [-0.2, 0) is 0 Å². The highest BCUT2D eigenvalue weighted by atomic mass is 35.5. The highest BCUT2D eigenvalue weighted by Crippen LogP contribution is 2.23. The molecule has 0 aromatic heterocycles. The van der Waals surface area contributed by atoms with Crippen LogP contribution in [0.5, 0.6) is 0 Å². The molecule has 1 fully saturated rings. The number of benzene rings is 1. The van der Waals surface area contributed by atoms with E-state index in [1.165, 1.54) is 18.2 Å². The van der Waals surface area contributed by atoms with E-state index in [4.69, 9.17) is 11.6 Å². The van der Waals surface area contributed by atoms with Crippen molar-refractivity contribution >= 4 is 23.2 Å². The molecule has 1 aliphatic heterocycles. The van der Waals surface area contributed by atoms with E-state index in [0.717, 1.165) is 19.5 Å². The molecule has 1 heterocycles. The molecule has 1 aliphatic rings. The number of nitrogens with one attached hydrogen (secondary N) is 2. The number of nitro groups is 1. The molecule has 1 aromatic rings. The highest BCUT2D eigenvalue weighted by Gasteiger charge is 2.26. The number of nitrogens with zero attached hydrogens (tertiary/aromatic N) is 1. The highest BCUT2D eigenvalue weighted by molar-refractivity contribution is 6.31. The molecule has 0 spiro atoms. The van der Waals surface area contributed by atoms with E-state index in [2.05, 4.69) is 10.6 Å². The molecule has 0 saturated carbocycles. The van der Waals surface area contributed by atoms with Gasteiger partial charge >= 0.3 is 0 Å². The van der Waals surface area contributed by atoms with Crippen LogP contribution in [0.2, 0.25) is 5.02 Å². The third kappa shape index (κ3) is 3.26. The third-order valence-electron chi connectivity index (χ3n) is 3.50. The number of halogens is 1. The number of amides is 1. The Hall–Kier alpha value is -1.66. The minimum Gasteiger partial charge on any atom is -0.349 e. The first-order valence-corrected chi connectivity index (χ1v) is 6.82. The lowest BCUT2D eigenvalue weighted by molar-refractivity contribution is -0.385. The molecule has 2 unspecified atom stereocenters. The molecule has 2 rings (SSSR count). The van der Waals surface area contributed by atoms with Gasteiger partial charge in [0, 0.05) is 17.1 Å². The zero-order chi connectivity index (χ0) is 14.7. The summed E-state index contributed by atoms with van der Waals surface area (Å²) in [4.78, 5) is 22.6. The van der Waals surface area contributed by atoms with Gasteiger partial charge in [-0.05, 0) is 37.6 Å². The number of nitro benzene ring substituents is 1. The Morgan fingerprint density at radius 1 is 1.55 bits per heavy atom. The lowest BCUT2D eigenvalue weighted by Crippen LogP contribution is -2.48. The van der Waals surface area contributed by atoms with E-state index < -0.39 is 10.8 Å². The molecule has 0 radical (unpaired) electrons. The number of carbonyl (C=O) groups excluding carboxylic acids is 1. The lowest BCUT2D eigenvalue weighted by atomic mass is 9.95. The Bertz CT molecular complexity index is 536. The van der Waals surface area contributed by atoms with Crippen molar-refractivity contribution in [2.24, 2.45) is 5.92 Å². The van der Waals surface area contributed by atoms with Gasteiger partial charge < -0.3 is 10.6 Å². The van der Waals surface area contributed by atoms with E-state index >= 15 is 0 Å². The maximum atomic E-state index is 12.2. The second-order valence-electron chi connectivity index (χ2n) is 4.97. The minimum absolute atomic E-state index is 0.0269. The summed E-state index contributed by atoms with van der Waals surface area (Å²) < 4.78 is 0. The zero-order valence-corrected chi connectivity index (χ0v) is 11.8. The van der Waals surface area contributed by atoms with Gasteiger partial charge in [-0.2, -0.15) is 0 Å². The summed E-state index contributed by atoms with van der Waals surface area (Å²) in [5.41, 5.74) is -0.221. The number of hydrogen-bond donors (Lipinski definition) is 2. The minimum atomic E-state index is -0.591. The average Bonchev–Trinajstić information content (AvgIpc) is 2.41. The number of carbonyl (C=O) groups is 1. The van der Waals surface area contributed by atoms with Crippen LogP contribution in [0.1, 0.15) is 23.7 Å². The van der Waals surface area contributed by atoms with Gasteiger partial charge in [-0.15, -0.1) is 0 Å². The van der Waals surface area contributed by atoms with Crippen LogP contribution in [0.3, 0.4) is 0 Å². The Labute approximate surface area is 121 Å². The summed E-state index contributed by atoms with van der Waals surface area (Å²) in [6, 6.07) is 4.10. The number of rotatable bonds is 3. The SMILES string of the molecule is CC1CNCCC1NC(=O)c1ccc(Cl)cc1[N+](=O)[O-]. The summed E-state index contributed by atoms with van der Waals surface area (Å²) in [5.74, 6) is -0.133. The predicted octanol–water partition coefficient (Wildman–Crippen LogP) is 1.98. The molecule has 20 heavy (non-hydrogen) atoms. The average molecular weight is 298 g/mol. The Kier molecular flexibility index (Phi) is 4.57. The molecule has 1 aromatic carbocycles. The first-order valence-electron chi connectivity index (χ1n) is 6.44. The van der Waals surface area contributed by atoms with Crippen LogP contribution in [0.15, 0.2) is 18.2 Å². The molecule has 108 valence electrons. The fourth-order valence-electron chi connectivity index (χ4n) is 2.32. The molecule has 1 amide bonds. The van der Waals surface area contributed by atoms with Gasteiger partial charge in [-0.25, -0.2) is 0 Å².